The fourth-order valence-electron chi connectivity index (χ4n) is 3.24. The third-order valence-electron chi connectivity index (χ3n) is 4.26. The van der Waals surface area contributed by atoms with Gasteiger partial charge in [-0.2, -0.15) is 0 Å². The first-order chi connectivity index (χ1) is 10.0. The molecule has 1 N–H and O–H groups in total. The number of halogens is 1. The summed E-state index contributed by atoms with van der Waals surface area (Å²) in [6, 6.07) is 4.56. The van der Waals surface area contributed by atoms with Gasteiger partial charge in [-0.3, -0.25) is 9.69 Å². The van der Waals surface area contributed by atoms with E-state index < -0.39 is 5.97 Å². The second-order valence-electron chi connectivity index (χ2n) is 5.54. The standard InChI is InChI=1S/C16H22FNO3/c1-11(16-13(17)8-5-9-14(16)21-2)18(10-15(19)20)12-6-3-4-7-12/h5,8-9,11-12H,3-4,6-7,10H2,1-2H3,(H,19,20). The largest absolute Gasteiger partial charge is 0.496 e. The van der Waals surface area contributed by atoms with Gasteiger partial charge in [0.15, 0.2) is 0 Å². The van der Waals surface area contributed by atoms with Gasteiger partial charge in [-0.25, -0.2) is 4.39 Å². The number of hydrogen-bond acceptors (Lipinski definition) is 3. The van der Waals surface area contributed by atoms with Gasteiger partial charge in [0, 0.05) is 17.6 Å². The molecule has 1 aromatic rings. The van der Waals surface area contributed by atoms with Crippen molar-refractivity contribution in [2.75, 3.05) is 13.7 Å². The summed E-state index contributed by atoms with van der Waals surface area (Å²) in [5.74, 6) is -0.768. The van der Waals surface area contributed by atoms with Crippen LogP contribution in [0.1, 0.15) is 44.2 Å². The Morgan fingerprint density at radius 1 is 1.48 bits per heavy atom. The Morgan fingerprint density at radius 3 is 2.71 bits per heavy atom. The van der Waals surface area contributed by atoms with Crippen LogP contribution in [0.4, 0.5) is 4.39 Å². The summed E-state index contributed by atoms with van der Waals surface area (Å²) < 4.78 is 19.5. The zero-order valence-corrected chi connectivity index (χ0v) is 12.5. The number of carboxylic acids is 1. The average molecular weight is 295 g/mol. The predicted octanol–water partition coefficient (Wildman–Crippen LogP) is 3.22. The minimum Gasteiger partial charge on any atom is -0.496 e. The predicted molar refractivity (Wildman–Crippen MR) is 78.0 cm³/mol. The van der Waals surface area contributed by atoms with E-state index in [0.717, 1.165) is 25.7 Å². The van der Waals surface area contributed by atoms with Crippen LogP contribution in [-0.4, -0.2) is 35.7 Å². The van der Waals surface area contributed by atoms with Crippen LogP contribution in [0.25, 0.3) is 0 Å². The van der Waals surface area contributed by atoms with Gasteiger partial charge in [-0.15, -0.1) is 0 Å². The number of nitrogens with zero attached hydrogens (tertiary/aromatic N) is 1. The van der Waals surface area contributed by atoms with Crippen molar-refractivity contribution in [3.05, 3.63) is 29.6 Å². The first kappa shape index (κ1) is 15.8. The summed E-state index contributed by atoms with van der Waals surface area (Å²) in [4.78, 5) is 13.1. The molecule has 0 spiro atoms. The summed E-state index contributed by atoms with van der Waals surface area (Å²) in [7, 11) is 1.50. The second-order valence-corrected chi connectivity index (χ2v) is 5.54. The van der Waals surface area contributed by atoms with Crippen LogP contribution < -0.4 is 4.74 Å². The summed E-state index contributed by atoms with van der Waals surface area (Å²) in [6.07, 6.45) is 4.13. The summed E-state index contributed by atoms with van der Waals surface area (Å²) in [5, 5.41) is 9.17. The van der Waals surface area contributed by atoms with E-state index in [4.69, 9.17) is 9.84 Å². The van der Waals surface area contributed by atoms with Crippen LogP contribution in [0, 0.1) is 5.82 Å². The molecule has 0 bridgehead atoms. The Bertz CT molecular complexity index is 500. The van der Waals surface area contributed by atoms with Crippen LogP contribution in [0.15, 0.2) is 18.2 Å². The highest BCUT2D eigenvalue weighted by molar-refractivity contribution is 5.69. The smallest absolute Gasteiger partial charge is 0.317 e. The molecule has 0 aromatic heterocycles. The fourth-order valence-corrected chi connectivity index (χ4v) is 3.24. The van der Waals surface area contributed by atoms with E-state index in [1.165, 1.54) is 13.2 Å². The van der Waals surface area contributed by atoms with Crippen LogP contribution in [0.2, 0.25) is 0 Å². The lowest BCUT2D eigenvalue weighted by molar-refractivity contribution is -0.139. The molecule has 0 amide bonds. The molecule has 1 unspecified atom stereocenters. The number of methoxy groups -OCH3 is 1. The normalized spacial score (nSPS) is 17.1. The maximum absolute atomic E-state index is 14.2. The summed E-state index contributed by atoms with van der Waals surface area (Å²) in [5.41, 5.74) is 0.438. The van der Waals surface area contributed by atoms with Crippen molar-refractivity contribution in [2.45, 2.75) is 44.7 Å². The SMILES string of the molecule is COc1cccc(F)c1C(C)N(CC(=O)O)C1CCCC1. The third-order valence-corrected chi connectivity index (χ3v) is 4.26. The highest BCUT2D eigenvalue weighted by Crippen LogP contribution is 2.35. The van der Waals surface area contributed by atoms with E-state index in [1.54, 1.807) is 12.1 Å². The number of benzene rings is 1. The van der Waals surface area contributed by atoms with E-state index in [0.29, 0.717) is 11.3 Å². The monoisotopic (exact) mass is 295 g/mol. The van der Waals surface area contributed by atoms with Crippen LogP contribution in [0.3, 0.4) is 0 Å². The lowest BCUT2D eigenvalue weighted by Gasteiger charge is -2.34. The Morgan fingerprint density at radius 2 is 2.14 bits per heavy atom. The number of carboxylic acid groups (broad SMARTS) is 1. The van der Waals surface area contributed by atoms with E-state index in [2.05, 4.69) is 0 Å². The molecule has 2 rings (SSSR count). The number of carbonyl (C=O) groups is 1. The van der Waals surface area contributed by atoms with Gasteiger partial charge in [-0.05, 0) is 31.9 Å². The van der Waals surface area contributed by atoms with Gasteiger partial charge in [0.05, 0.1) is 13.7 Å². The molecule has 5 heteroatoms. The quantitative estimate of drug-likeness (QED) is 0.875. The molecule has 4 nitrogen and oxygen atoms in total. The molecule has 0 heterocycles. The van der Waals surface area contributed by atoms with E-state index in [9.17, 15) is 9.18 Å². The van der Waals surface area contributed by atoms with Crippen molar-refractivity contribution in [1.29, 1.82) is 0 Å². The van der Waals surface area contributed by atoms with Gasteiger partial charge in [0.1, 0.15) is 11.6 Å². The van der Waals surface area contributed by atoms with E-state index >= 15 is 0 Å². The van der Waals surface area contributed by atoms with Crippen LogP contribution >= 0.6 is 0 Å². The van der Waals surface area contributed by atoms with Gasteiger partial charge in [-0.1, -0.05) is 18.9 Å². The maximum atomic E-state index is 14.2. The number of rotatable bonds is 6. The Balaban J connectivity index is 2.33. The highest BCUT2D eigenvalue weighted by Gasteiger charge is 2.31. The van der Waals surface area contributed by atoms with E-state index in [-0.39, 0.29) is 24.4 Å². The van der Waals surface area contributed by atoms with Crippen molar-refractivity contribution >= 4 is 5.97 Å². The number of ether oxygens (including phenoxy) is 1. The Kier molecular flexibility index (Phi) is 5.17. The highest BCUT2D eigenvalue weighted by atomic mass is 19.1. The molecular weight excluding hydrogens is 273 g/mol. The maximum Gasteiger partial charge on any atom is 0.317 e. The minimum atomic E-state index is -0.885. The molecule has 0 aliphatic heterocycles. The molecule has 0 radical (unpaired) electrons. The molecule has 1 aliphatic rings. The number of aliphatic carboxylic acids is 1. The zero-order valence-electron chi connectivity index (χ0n) is 12.5. The van der Waals surface area contributed by atoms with Crippen LogP contribution in [0.5, 0.6) is 5.75 Å². The molecule has 116 valence electrons. The summed E-state index contributed by atoms with van der Waals surface area (Å²) in [6.45, 7) is 1.77. The Labute approximate surface area is 124 Å². The third kappa shape index (κ3) is 3.53. The second kappa shape index (κ2) is 6.89. The van der Waals surface area contributed by atoms with E-state index in [1.807, 2.05) is 11.8 Å². The molecule has 1 aromatic carbocycles. The van der Waals surface area contributed by atoms with Crippen molar-refractivity contribution in [3.63, 3.8) is 0 Å². The first-order valence-electron chi connectivity index (χ1n) is 7.34. The van der Waals surface area contributed by atoms with Gasteiger partial charge >= 0.3 is 5.97 Å². The van der Waals surface area contributed by atoms with Crippen molar-refractivity contribution in [1.82, 2.24) is 4.90 Å². The first-order valence-corrected chi connectivity index (χ1v) is 7.34. The van der Waals surface area contributed by atoms with Crippen LogP contribution in [-0.2, 0) is 4.79 Å². The van der Waals surface area contributed by atoms with Gasteiger partial charge in [0.25, 0.3) is 0 Å². The number of hydrogen-bond donors (Lipinski definition) is 1. The zero-order chi connectivity index (χ0) is 15.4. The van der Waals surface area contributed by atoms with Crippen molar-refractivity contribution in [3.8, 4) is 5.75 Å². The average Bonchev–Trinajstić information content (AvgIpc) is 2.97. The lowest BCUT2D eigenvalue weighted by atomic mass is 10.0. The van der Waals surface area contributed by atoms with Gasteiger partial charge in [0.2, 0.25) is 0 Å². The van der Waals surface area contributed by atoms with Gasteiger partial charge < -0.3 is 9.84 Å². The fraction of sp³-hybridized carbons (Fsp3) is 0.562. The van der Waals surface area contributed by atoms with Crippen molar-refractivity contribution in [2.24, 2.45) is 0 Å². The molecule has 1 saturated carbocycles. The minimum absolute atomic E-state index is 0.0800. The van der Waals surface area contributed by atoms with Crippen molar-refractivity contribution < 1.29 is 19.0 Å². The molecular formula is C16H22FNO3. The molecule has 0 saturated heterocycles. The molecule has 1 fully saturated rings. The lowest BCUT2D eigenvalue weighted by Crippen LogP contribution is -2.39. The summed E-state index contributed by atoms with van der Waals surface area (Å²) >= 11 is 0. The topological polar surface area (TPSA) is 49.8 Å². The molecule has 21 heavy (non-hydrogen) atoms. The Hall–Kier alpha value is -1.62. The molecule has 1 atom stereocenters. The molecule has 1 aliphatic carbocycles.